The molecular formula is C46H57N5O6Si. The standard InChI is InChI=1S/C46H57N5O6Si/c1-46(2,3)58(4,5)57-41(37-22-24-40(52)44-38(37)23-26-43(54)50-44)29-48-28-31-11-17-34(18-12-31)49-42(53)25-14-30-13-21-36(32-9-7-6-8-10-32)39(27-30)51(45(55)56)35-19-15-33(47)16-20-35/h6-13,17-18,21-24,26-27,33,35,41,48,52H,14-16,19-20,25,28-29,47H2,1-5H3,(H,49,53)(H,50,54)(H,55,56)/t33?,35?,41-/m1/s1. The number of amides is 2. The number of carbonyl (C=O) groups excluding carboxylic acids is 1. The fourth-order valence-corrected chi connectivity index (χ4v) is 8.71. The van der Waals surface area contributed by atoms with Crippen molar-refractivity contribution < 1.29 is 24.2 Å². The summed E-state index contributed by atoms with van der Waals surface area (Å²) in [5.41, 5.74) is 12.2. The summed E-state index contributed by atoms with van der Waals surface area (Å²) in [6.45, 7) is 12.1. The van der Waals surface area contributed by atoms with Crippen molar-refractivity contribution in [1.29, 1.82) is 0 Å². The van der Waals surface area contributed by atoms with E-state index < -0.39 is 14.4 Å². The molecule has 0 unspecified atom stereocenters. The van der Waals surface area contributed by atoms with Crippen LogP contribution in [0, 0.1) is 0 Å². The number of rotatable bonds is 14. The van der Waals surface area contributed by atoms with Gasteiger partial charge in [-0.15, -0.1) is 0 Å². The molecule has 2 amide bonds. The number of aromatic hydroxyl groups is 1. The van der Waals surface area contributed by atoms with E-state index in [9.17, 15) is 24.6 Å². The molecule has 1 heterocycles. The summed E-state index contributed by atoms with van der Waals surface area (Å²) in [7, 11) is -2.23. The van der Waals surface area contributed by atoms with E-state index in [0.717, 1.165) is 46.0 Å². The van der Waals surface area contributed by atoms with Gasteiger partial charge in [0.25, 0.3) is 0 Å². The van der Waals surface area contributed by atoms with Gasteiger partial charge in [0.15, 0.2) is 8.32 Å². The Morgan fingerprint density at radius 2 is 1.62 bits per heavy atom. The normalized spacial score (nSPS) is 16.5. The number of aryl methyl sites for hydroxylation is 1. The van der Waals surface area contributed by atoms with Crippen LogP contribution in [0.15, 0.2) is 102 Å². The second-order valence-electron chi connectivity index (χ2n) is 17.0. The number of phenols is 1. The smallest absolute Gasteiger partial charge is 0.412 e. The first-order valence-electron chi connectivity index (χ1n) is 20.2. The number of carbonyl (C=O) groups is 2. The van der Waals surface area contributed by atoms with Gasteiger partial charge in [-0.25, -0.2) is 4.79 Å². The molecule has 0 bridgehead atoms. The van der Waals surface area contributed by atoms with Gasteiger partial charge >= 0.3 is 6.09 Å². The lowest BCUT2D eigenvalue weighted by atomic mass is 9.89. The first-order chi connectivity index (χ1) is 27.6. The molecule has 306 valence electrons. The van der Waals surface area contributed by atoms with Gasteiger partial charge in [0, 0.05) is 54.3 Å². The monoisotopic (exact) mass is 803 g/mol. The average Bonchev–Trinajstić information content (AvgIpc) is 3.18. The van der Waals surface area contributed by atoms with Crippen molar-refractivity contribution in [3.05, 3.63) is 124 Å². The maximum absolute atomic E-state index is 13.2. The fourth-order valence-electron chi connectivity index (χ4n) is 7.43. The SMILES string of the molecule is CC(C)(C)[Si](C)(C)O[C@H](CNCc1ccc(NC(=O)CCc2ccc(-c3ccccc3)c(N(C(=O)O)C3CCC(N)CC3)c2)cc1)c1ccc(O)c2[nH]c(=O)ccc12. The molecule has 1 aromatic heterocycles. The molecule has 11 nitrogen and oxygen atoms in total. The van der Waals surface area contributed by atoms with Crippen molar-refractivity contribution in [2.75, 3.05) is 16.8 Å². The van der Waals surface area contributed by atoms with Gasteiger partial charge in [0.1, 0.15) is 5.75 Å². The number of pyridine rings is 1. The molecule has 0 spiro atoms. The van der Waals surface area contributed by atoms with Gasteiger partial charge in [-0.05, 0) is 103 Å². The molecule has 0 aliphatic heterocycles. The van der Waals surface area contributed by atoms with Crippen LogP contribution in [-0.2, 0) is 22.2 Å². The molecule has 5 aromatic rings. The summed E-state index contributed by atoms with van der Waals surface area (Å²) >= 11 is 0. The number of aromatic nitrogens is 1. The zero-order chi connectivity index (χ0) is 41.6. The van der Waals surface area contributed by atoms with E-state index in [1.807, 2.05) is 78.9 Å². The third kappa shape index (κ3) is 10.2. The minimum Gasteiger partial charge on any atom is -0.506 e. The maximum atomic E-state index is 13.2. The largest absolute Gasteiger partial charge is 0.506 e. The zero-order valence-corrected chi connectivity index (χ0v) is 35.2. The van der Waals surface area contributed by atoms with Crippen LogP contribution in [0.25, 0.3) is 22.0 Å². The molecule has 7 N–H and O–H groups in total. The zero-order valence-electron chi connectivity index (χ0n) is 34.2. The lowest BCUT2D eigenvalue weighted by Gasteiger charge is -2.39. The Morgan fingerprint density at radius 3 is 2.29 bits per heavy atom. The number of nitrogens with zero attached hydrogens (tertiary/aromatic N) is 1. The minimum absolute atomic E-state index is 0.0116. The van der Waals surface area contributed by atoms with Crippen molar-refractivity contribution in [2.24, 2.45) is 5.73 Å². The topological polar surface area (TPSA) is 170 Å². The number of benzene rings is 4. The first-order valence-corrected chi connectivity index (χ1v) is 23.1. The highest BCUT2D eigenvalue weighted by molar-refractivity contribution is 6.74. The van der Waals surface area contributed by atoms with Crippen LogP contribution in [0.5, 0.6) is 5.75 Å². The number of hydrogen-bond acceptors (Lipinski definition) is 7. The van der Waals surface area contributed by atoms with Crippen LogP contribution < -0.4 is 26.8 Å². The van der Waals surface area contributed by atoms with E-state index in [2.05, 4.69) is 49.5 Å². The minimum atomic E-state index is -2.23. The molecule has 1 aliphatic carbocycles. The van der Waals surface area contributed by atoms with Crippen LogP contribution in [0.2, 0.25) is 18.1 Å². The maximum Gasteiger partial charge on any atom is 0.412 e. The van der Waals surface area contributed by atoms with Gasteiger partial charge in [-0.1, -0.05) is 81.4 Å². The quantitative estimate of drug-likeness (QED) is 0.0604. The Kier molecular flexibility index (Phi) is 13.2. The highest BCUT2D eigenvalue weighted by atomic mass is 28.4. The average molecular weight is 804 g/mol. The second-order valence-corrected chi connectivity index (χ2v) is 21.7. The molecule has 58 heavy (non-hydrogen) atoms. The number of carboxylic acid groups (broad SMARTS) is 1. The van der Waals surface area contributed by atoms with Crippen LogP contribution in [0.3, 0.4) is 0 Å². The van der Waals surface area contributed by atoms with Crippen LogP contribution in [-0.4, -0.2) is 54.1 Å². The molecule has 1 aliphatic rings. The molecule has 12 heteroatoms. The van der Waals surface area contributed by atoms with Gasteiger partial charge < -0.3 is 36.0 Å². The summed E-state index contributed by atoms with van der Waals surface area (Å²) in [5.74, 6) is -0.124. The third-order valence-corrected chi connectivity index (χ3v) is 16.2. The van der Waals surface area contributed by atoms with Crippen molar-refractivity contribution in [3.63, 3.8) is 0 Å². The summed E-state index contributed by atoms with van der Waals surface area (Å²) in [6.07, 6.45) is 2.32. The fraction of sp³-hybridized carbons (Fsp3) is 0.370. The predicted molar refractivity (Wildman–Crippen MR) is 235 cm³/mol. The van der Waals surface area contributed by atoms with E-state index in [-0.39, 0.29) is 46.9 Å². The number of aromatic amines is 1. The number of hydrogen-bond donors (Lipinski definition) is 6. The summed E-state index contributed by atoms with van der Waals surface area (Å²) in [4.78, 5) is 42.3. The second kappa shape index (κ2) is 18.1. The molecule has 0 radical (unpaired) electrons. The van der Waals surface area contributed by atoms with E-state index in [0.29, 0.717) is 49.2 Å². The van der Waals surface area contributed by atoms with E-state index in [4.69, 9.17) is 10.2 Å². The van der Waals surface area contributed by atoms with Crippen LogP contribution >= 0.6 is 0 Å². The molecular weight excluding hydrogens is 747 g/mol. The molecule has 1 atom stereocenters. The van der Waals surface area contributed by atoms with E-state index >= 15 is 0 Å². The third-order valence-electron chi connectivity index (χ3n) is 11.8. The summed E-state index contributed by atoms with van der Waals surface area (Å²) in [6, 6.07) is 30.0. The lowest BCUT2D eigenvalue weighted by molar-refractivity contribution is -0.116. The number of nitrogens with two attached hydrogens (primary N) is 1. The number of phenolic OH excluding ortho intramolecular Hbond substituents is 1. The Labute approximate surface area is 341 Å². The van der Waals surface area contributed by atoms with Crippen molar-refractivity contribution in [1.82, 2.24) is 10.3 Å². The van der Waals surface area contributed by atoms with Gasteiger partial charge in [-0.2, -0.15) is 0 Å². The lowest BCUT2D eigenvalue weighted by Crippen LogP contribution is -2.44. The Hall–Kier alpha value is -5.27. The van der Waals surface area contributed by atoms with E-state index in [1.165, 1.54) is 11.0 Å². The Morgan fingerprint density at radius 1 is 0.931 bits per heavy atom. The molecule has 4 aromatic carbocycles. The van der Waals surface area contributed by atoms with Crippen molar-refractivity contribution in [3.8, 4) is 16.9 Å². The predicted octanol–water partition coefficient (Wildman–Crippen LogP) is 9.08. The summed E-state index contributed by atoms with van der Waals surface area (Å²) in [5, 5.41) is 28.2. The highest BCUT2D eigenvalue weighted by Crippen LogP contribution is 2.41. The molecule has 1 fully saturated rings. The number of H-pyrrole nitrogens is 1. The molecule has 0 saturated heterocycles. The molecule has 6 rings (SSSR count). The Balaban J connectivity index is 1.10. The van der Waals surface area contributed by atoms with Gasteiger partial charge in [0.05, 0.1) is 17.3 Å². The van der Waals surface area contributed by atoms with E-state index in [1.54, 1.807) is 12.1 Å². The van der Waals surface area contributed by atoms with Crippen LogP contribution in [0.4, 0.5) is 16.2 Å². The first kappa shape index (κ1) is 42.3. The van der Waals surface area contributed by atoms with Gasteiger partial charge in [-0.3, -0.25) is 14.5 Å². The molecule has 1 saturated carbocycles. The number of nitrogens with one attached hydrogen (secondary N) is 3. The number of fused-ring (bicyclic) bond motifs is 1. The van der Waals surface area contributed by atoms with Crippen LogP contribution in [0.1, 0.15) is 75.7 Å². The number of anilines is 2. The Bertz CT molecular complexity index is 2260. The highest BCUT2D eigenvalue weighted by Gasteiger charge is 2.40. The van der Waals surface area contributed by atoms with Crippen molar-refractivity contribution in [2.45, 2.75) is 102 Å². The van der Waals surface area contributed by atoms with Gasteiger partial charge in [0.2, 0.25) is 11.5 Å². The van der Waals surface area contributed by atoms with Crippen molar-refractivity contribution >= 4 is 42.6 Å². The summed E-state index contributed by atoms with van der Waals surface area (Å²) < 4.78 is 6.93.